The minimum absolute atomic E-state index is 0.0569. The third-order valence-electron chi connectivity index (χ3n) is 4.25. The van der Waals surface area contributed by atoms with E-state index in [0.29, 0.717) is 11.7 Å². The van der Waals surface area contributed by atoms with Gasteiger partial charge in [-0.3, -0.25) is 9.48 Å². The topological polar surface area (TPSA) is 51.3 Å². The molecule has 0 aliphatic carbocycles. The van der Waals surface area contributed by atoms with Crippen molar-refractivity contribution in [3.8, 4) is 0 Å². The van der Waals surface area contributed by atoms with E-state index in [-0.39, 0.29) is 11.9 Å². The maximum absolute atomic E-state index is 12.7. The molecule has 0 N–H and O–H groups in total. The second-order valence-electron chi connectivity index (χ2n) is 6.77. The molecule has 0 saturated heterocycles. The summed E-state index contributed by atoms with van der Waals surface area (Å²) in [5.74, 6) is 1.54. The lowest BCUT2D eigenvalue weighted by Crippen LogP contribution is -2.35. The highest BCUT2D eigenvalue weighted by atomic mass is 35.5. The van der Waals surface area contributed by atoms with Gasteiger partial charge in [0.25, 0.3) is 0 Å². The first kappa shape index (κ1) is 20.3. The van der Waals surface area contributed by atoms with Crippen LogP contribution in [0.2, 0.25) is 5.15 Å². The first-order chi connectivity index (χ1) is 12.3. The Kier molecular flexibility index (Phi) is 7.09. The second kappa shape index (κ2) is 9.08. The smallest absolute Gasteiger partial charge is 0.247 e. The summed E-state index contributed by atoms with van der Waals surface area (Å²) in [6, 6.07) is 3.86. The number of hydrogen-bond donors (Lipinski definition) is 0. The van der Waals surface area contributed by atoms with E-state index >= 15 is 0 Å². The maximum Gasteiger partial charge on any atom is 0.247 e. The van der Waals surface area contributed by atoms with Gasteiger partial charge in [0, 0.05) is 24.2 Å². The largest absolute Gasteiger partial charge is 0.464 e. The minimum atomic E-state index is -0.0779. The number of rotatable bonds is 8. The van der Waals surface area contributed by atoms with Gasteiger partial charge in [-0.1, -0.05) is 24.9 Å². The molecule has 6 heteroatoms. The first-order valence-corrected chi connectivity index (χ1v) is 9.48. The molecule has 0 aromatic carbocycles. The molecule has 26 heavy (non-hydrogen) atoms. The van der Waals surface area contributed by atoms with E-state index in [4.69, 9.17) is 16.0 Å². The standard InChI is InChI=1S/C20H28ClN3O2/c1-6-7-12-24-20(21)18(16(5)22-24)10-11-19(25)23(14(2)3)13-17-9-8-15(4)26-17/h8-11,14H,6-7,12-13H2,1-5H3/b11-10+. The summed E-state index contributed by atoms with van der Waals surface area (Å²) in [6.07, 6.45) is 5.43. The summed E-state index contributed by atoms with van der Waals surface area (Å²) in [6.45, 7) is 11.1. The Hall–Kier alpha value is -2.01. The second-order valence-corrected chi connectivity index (χ2v) is 7.13. The van der Waals surface area contributed by atoms with E-state index in [1.54, 1.807) is 21.7 Å². The first-order valence-electron chi connectivity index (χ1n) is 9.10. The van der Waals surface area contributed by atoms with Crippen LogP contribution in [0.4, 0.5) is 0 Å². The van der Waals surface area contributed by atoms with E-state index in [9.17, 15) is 4.79 Å². The van der Waals surface area contributed by atoms with Gasteiger partial charge in [-0.25, -0.2) is 0 Å². The summed E-state index contributed by atoms with van der Waals surface area (Å²) >= 11 is 6.43. The third kappa shape index (κ3) is 5.01. The Morgan fingerprint density at radius 1 is 1.38 bits per heavy atom. The lowest BCUT2D eigenvalue weighted by Gasteiger charge is -2.24. The molecule has 2 rings (SSSR count). The van der Waals surface area contributed by atoms with Gasteiger partial charge in [-0.15, -0.1) is 0 Å². The molecule has 0 saturated carbocycles. The number of carbonyl (C=O) groups excluding carboxylic acids is 1. The monoisotopic (exact) mass is 377 g/mol. The highest BCUT2D eigenvalue weighted by Gasteiger charge is 2.17. The molecule has 0 aliphatic heterocycles. The number of halogens is 1. The number of unbranched alkanes of at least 4 members (excludes halogenated alkanes) is 1. The summed E-state index contributed by atoms with van der Waals surface area (Å²) in [4.78, 5) is 14.5. The number of aromatic nitrogens is 2. The summed E-state index contributed by atoms with van der Waals surface area (Å²) in [5.41, 5.74) is 1.63. The van der Waals surface area contributed by atoms with E-state index in [2.05, 4.69) is 12.0 Å². The highest BCUT2D eigenvalue weighted by Crippen LogP contribution is 2.22. The molecule has 0 spiro atoms. The SMILES string of the molecule is CCCCn1nc(C)c(/C=C/C(=O)N(Cc2ccc(C)o2)C(C)C)c1Cl. The van der Waals surface area contributed by atoms with E-state index in [0.717, 1.165) is 42.2 Å². The van der Waals surface area contributed by atoms with Gasteiger partial charge in [-0.2, -0.15) is 5.10 Å². The van der Waals surface area contributed by atoms with Crippen molar-refractivity contribution < 1.29 is 9.21 Å². The summed E-state index contributed by atoms with van der Waals surface area (Å²) < 4.78 is 7.41. The molecule has 142 valence electrons. The van der Waals surface area contributed by atoms with Crippen molar-refractivity contribution in [2.75, 3.05) is 0 Å². The molecule has 0 aliphatic rings. The Morgan fingerprint density at radius 3 is 2.69 bits per heavy atom. The lowest BCUT2D eigenvalue weighted by atomic mass is 10.2. The van der Waals surface area contributed by atoms with Crippen LogP contribution < -0.4 is 0 Å². The normalized spacial score (nSPS) is 11.7. The van der Waals surface area contributed by atoms with Crippen LogP contribution >= 0.6 is 11.6 Å². The molecule has 2 aromatic heterocycles. The predicted octanol–water partition coefficient (Wildman–Crippen LogP) is 5.00. The number of aryl methyl sites for hydroxylation is 3. The molecular formula is C20H28ClN3O2. The van der Waals surface area contributed by atoms with Gasteiger partial charge in [0.2, 0.25) is 5.91 Å². The van der Waals surface area contributed by atoms with Crippen molar-refractivity contribution in [2.24, 2.45) is 0 Å². The molecule has 0 bridgehead atoms. The van der Waals surface area contributed by atoms with E-state index < -0.39 is 0 Å². The van der Waals surface area contributed by atoms with Crippen LogP contribution in [0.15, 0.2) is 22.6 Å². The van der Waals surface area contributed by atoms with E-state index in [1.807, 2.05) is 39.8 Å². The fourth-order valence-electron chi connectivity index (χ4n) is 2.72. The third-order valence-corrected chi connectivity index (χ3v) is 4.65. The van der Waals surface area contributed by atoms with Gasteiger partial charge in [0.15, 0.2) is 0 Å². The Labute approximate surface area is 160 Å². The van der Waals surface area contributed by atoms with Crippen LogP contribution in [-0.2, 0) is 17.9 Å². The Morgan fingerprint density at radius 2 is 2.12 bits per heavy atom. The fraction of sp³-hybridized carbons (Fsp3) is 0.500. The molecule has 1 amide bonds. The maximum atomic E-state index is 12.7. The van der Waals surface area contributed by atoms with Crippen molar-refractivity contribution in [3.05, 3.63) is 46.1 Å². The zero-order valence-corrected chi connectivity index (χ0v) is 17.0. The van der Waals surface area contributed by atoms with Crippen molar-refractivity contribution in [3.63, 3.8) is 0 Å². The molecule has 2 heterocycles. The molecule has 0 unspecified atom stereocenters. The minimum Gasteiger partial charge on any atom is -0.464 e. The number of furan rings is 1. The fourth-order valence-corrected chi connectivity index (χ4v) is 3.04. The molecule has 0 fully saturated rings. The van der Waals surface area contributed by atoms with Crippen LogP contribution in [-0.4, -0.2) is 26.6 Å². The van der Waals surface area contributed by atoms with Crippen molar-refractivity contribution in [1.29, 1.82) is 0 Å². The zero-order valence-electron chi connectivity index (χ0n) is 16.3. The van der Waals surface area contributed by atoms with Crippen LogP contribution in [0.3, 0.4) is 0 Å². The van der Waals surface area contributed by atoms with Crippen molar-refractivity contribution in [1.82, 2.24) is 14.7 Å². The van der Waals surface area contributed by atoms with Crippen molar-refractivity contribution >= 4 is 23.6 Å². The van der Waals surface area contributed by atoms with E-state index in [1.165, 1.54) is 0 Å². The van der Waals surface area contributed by atoms with Crippen LogP contribution in [0.25, 0.3) is 6.08 Å². The predicted molar refractivity (Wildman–Crippen MR) is 105 cm³/mol. The van der Waals surface area contributed by atoms with Crippen molar-refractivity contribution in [2.45, 2.75) is 66.6 Å². The molecule has 2 aromatic rings. The highest BCUT2D eigenvalue weighted by molar-refractivity contribution is 6.31. The molecule has 0 radical (unpaired) electrons. The van der Waals surface area contributed by atoms with Crippen LogP contribution in [0.1, 0.15) is 56.4 Å². The average Bonchev–Trinajstić information content (AvgIpc) is 3.11. The number of amides is 1. The Bertz CT molecular complexity index is 774. The quantitative estimate of drug-likeness (QED) is 0.608. The van der Waals surface area contributed by atoms with Crippen LogP contribution in [0, 0.1) is 13.8 Å². The zero-order chi connectivity index (χ0) is 19.3. The molecule has 5 nitrogen and oxygen atoms in total. The van der Waals surface area contributed by atoms with Gasteiger partial charge in [-0.05, 0) is 52.3 Å². The number of carbonyl (C=O) groups is 1. The van der Waals surface area contributed by atoms with Crippen LogP contribution in [0.5, 0.6) is 0 Å². The lowest BCUT2D eigenvalue weighted by molar-refractivity contribution is -0.128. The van der Waals surface area contributed by atoms with Gasteiger partial charge >= 0.3 is 0 Å². The number of hydrogen-bond acceptors (Lipinski definition) is 3. The summed E-state index contributed by atoms with van der Waals surface area (Å²) in [5, 5.41) is 5.05. The molecular weight excluding hydrogens is 350 g/mol. The van der Waals surface area contributed by atoms with Gasteiger partial charge in [0.05, 0.1) is 12.2 Å². The van der Waals surface area contributed by atoms with Gasteiger partial charge < -0.3 is 9.32 Å². The van der Waals surface area contributed by atoms with Gasteiger partial charge in [0.1, 0.15) is 16.7 Å². The average molecular weight is 378 g/mol. The number of nitrogens with zero attached hydrogens (tertiary/aromatic N) is 3. The molecule has 0 atom stereocenters. The summed E-state index contributed by atoms with van der Waals surface area (Å²) in [7, 11) is 0. The Balaban J connectivity index is 2.14.